The van der Waals surface area contributed by atoms with Gasteiger partial charge in [0.2, 0.25) is 11.8 Å². The van der Waals surface area contributed by atoms with E-state index in [4.69, 9.17) is 9.98 Å². The molecule has 232 valence electrons. The van der Waals surface area contributed by atoms with Crippen LogP contribution in [0.15, 0.2) is 88.8 Å². The predicted molar refractivity (Wildman–Crippen MR) is 181 cm³/mol. The molecule has 3 amide bonds. The molecule has 9 nitrogen and oxygen atoms in total. The number of benzene rings is 3. The second-order valence-corrected chi connectivity index (χ2v) is 12.5. The smallest absolute Gasteiger partial charge is 0.259 e. The van der Waals surface area contributed by atoms with E-state index in [1.807, 2.05) is 78.6 Å². The third-order valence-electron chi connectivity index (χ3n) is 8.47. The fourth-order valence-corrected chi connectivity index (χ4v) is 6.86. The van der Waals surface area contributed by atoms with Gasteiger partial charge in [0.05, 0.1) is 10.9 Å². The Balaban J connectivity index is 1.12. The summed E-state index contributed by atoms with van der Waals surface area (Å²) in [6.45, 7) is 6.89. The van der Waals surface area contributed by atoms with Crippen LogP contribution in [0.5, 0.6) is 0 Å². The van der Waals surface area contributed by atoms with Gasteiger partial charge in [-0.25, -0.2) is 9.89 Å². The van der Waals surface area contributed by atoms with Gasteiger partial charge in [-0.1, -0.05) is 68.1 Å². The van der Waals surface area contributed by atoms with Crippen LogP contribution in [-0.2, 0) is 20.8 Å². The van der Waals surface area contributed by atoms with Crippen molar-refractivity contribution in [2.24, 2.45) is 9.98 Å². The van der Waals surface area contributed by atoms with E-state index in [2.05, 4.69) is 29.3 Å². The normalized spacial score (nSPS) is 18.1. The highest BCUT2D eigenvalue weighted by atomic mass is 32.2. The molecule has 2 atom stereocenters. The van der Waals surface area contributed by atoms with E-state index in [0.717, 1.165) is 36.4 Å². The van der Waals surface area contributed by atoms with Crippen LogP contribution in [0.3, 0.4) is 0 Å². The second kappa shape index (κ2) is 13.7. The minimum absolute atomic E-state index is 0.0407. The summed E-state index contributed by atoms with van der Waals surface area (Å²) in [6, 6.07) is 25.0. The Morgan fingerprint density at radius 2 is 1.64 bits per heavy atom. The van der Waals surface area contributed by atoms with Gasteiger partial charge in [0.25, 0.3) is 5.91 Å². The first-order valence-corrected chi connectivity index (χ1v) is 16.6. The zero-order chi connectivity index (χ0) is 31.3. The molecule has 1 fully saturated rings. The van der Waals surface area contributed by atoms with Crippen molar-refractivity contribution >= 4 is 57.5 Å². The molecule has 3 aromatic rings. The standard InChI is InChI=1S/C35H38N6O3S/c1-3-24-14-16-25(17-15-24)36-33(43)30(4-2)45-35-38-28-13-9-8-12-27(28)32-37-29(34(44)41(32)35)18-19-31(42)40-22-20-39(21-23-40)26-10-6-5-7-11-26/h5-17,29-30H,3-4,18-23H2,1-2H3,(H,36,43). The van der Waals surface area contributed by atoms with Crippen LogP contribution in [0.1, 0.15) is 44.2 Å². The molecule has 3 aliphatic rings. The number of nitrogens with one attached hydrogen (secondary N) is 1. The lowest BCUT2D eigenvalue weighted by Crippen LogP contribution is -2.49. The molecule has 0 aliphatic carbocycles. The summed E-state index contributed by atoms with van der Waals surface area (Å²) in [6.07, 6.45) is 2.04. The number of nitrogens with zero attached hydrogens (tertiary/aromatic N) is 5. The van der Waals surface area contributed by atoms with Crippen molar-refractivity contribution in [1.82, 2.24) is 9.80 Å². The molecule has 0 aromatic heterocycles. The maximum atomic E-state index is 13.8. The Morgan fingerprint density at radius 1 is 0.933 bits per heavy atom. The molecule has 3 heterocycles. The molecule has 3 aromatic carbocycles. The first kappa shape index (κ1) is 30.6. The highest BCUT2D eigenvalue weighted by Gasteiger charge is 2.42. The van der Waals surface area contributed by atoms with Crippen LogP contribution in [0.2, 0.25) is 0 Å². The number of hydrogen-bond acceptors (Lipinski definition) is 7. The van der Waals surface area contributed by atoms with Crippen molar-refractivity contribution in [1.29, 1.82) is 0 Å². The van der Waals surface area contributed by atoms with Gasteiger partial charge in [0.1, 0.15) is 11.9 Å². The minimum atomic E-state index is -0.683. The Bertz CT molecular complexity index is 1620. The van der Waals surface area contributed by atoms with Gasteiger partial charge in [-0.3, -0.25) is 19.4 Å². The first-order valence-electron chi connectivity index (χ1n) is 15.7. The zero-order valence-corrected chi connectivity index (χ0v) is 26.5. The van der Waals surface area contributed by atoms with Gasteiger partial charge in [0, 0.05) is 49.5 Å². The van der Waals surface area contributed by atoms with Crippen molar-refractivity contribution in [3.8, 4) is 0 Å². The maximum absolute atomic E-state index is 13.8. The highest BCUT2D eigenvalue weighted by Crippen LogP contribution is 2.36. The molecule has 3 aliphatic heterocycles. The number of aliphatic imine (C=N–C) groups is 2. The van der Waals surface area contributed by atoms with E-state index in [0.29, 0.717) is 42.6 Å². The van der Waals surface area contributed by atoms with E-state index in [1.165, 1.54) is 17.3 Å². The van der Waals surface area contributed by atoms with E-state index in [1.54, 1.807) is 4.90 Å². The van der Waals surface area contributed by atoms with Crippen LogP contribution in [-0.4, -0.2) is 76.0 Å². The Kier molecular flexibility index (Phi) is 9.30. The maximum Gasteiger partial charge on any atom is 0.259 e. The number of hydrogen-bond donors (Lipinski definition) is 1. The van der Waals surface area contributed by atoms with Crippen LogP contribution in [0.4, 0.5) is 17.1 Å². The van der Waals surface area contributed by atoms with Gasteiger partial charge in [0.15, 0.2) is 5.17 Å². The number of anilines is 2. The van der Waals surface area contributed by atoms with Gasteiger partial charge in [-0.05, 0) is 61.2 Å². The van der Waals surface area contributed by atoms with Gasteiger partial charge >= 0.3 is 0 Å². The number of fused-ring (bicyclic) bond motifs is 3. The number of amides is 3. The van der Waals surface area contributed by atoms with Crippen LogP contribution >= 0.6 is 11.8 Å². The molecule has 10 heteroatoms. The average Bonchev–Trinajstić information content (AvgIpc) is 3.43. The number of piperazine rings is 1. The summed E-state index contributed by atoms with van der Waals surface area (Å²) in [7, 11) is 0. The minimum Gasteiger partial charge on any atom is -0.368 e. The van der Waals surface area contributed by atoms with Crippen molar-refractivity contribution < 1.29 is 14.4 Å². The van der Waals surface area contributed by atoms with Crippen molar-refractivity contribution in [2.75, 3.05) is 36.4 Å². The Hall–Kier alpha value is -4.44. The largest absolute Gasteiger partial charge is 0.368 e. The van der Waals surface area contributed by atoms with E-state index in [9.17, 15) is 14.4 Å². The van der Waals surface area contributed by atoms with Gasteiger partial charge < -0.3 is 15.1 Å². The number of para-hydroxylation sites is 2. The molecule has 1 saturated heterocycles. The quantitative estimate of drug-likeness (QED) is 0.341. The molecule has 1 N–H and O–H groups in total. The predicted octanol–water partition coefficient (Wildman–Crippen LogP) is 5.49. The molecule has 0 radical (unpaired) electrons. The van der Waals surface area contributed by atoms with Crippen LogP contribution < -0.4 is 10.2 Å². The summed E-state index contributed by atoms with van der Waals surface area (Å²) in [5, 5.41) is 2.98. The molecule has 0 spiro atoms. The zero-order valence-electron chi connectivity index (χ0n) is 25.7. The summed E-state index contributed by atoms with van der Waals surface area (Å²) < 4.78 is 0. The molecule has 6 rings (SSSR count). The van der Waals surface area contributed by atoms with Crippen LogP contribution in [0, 0.1) is 0 Å². The fraction of sp³-hybridized carbons (Fsp3) is 0.343. The SMILES string of the molecule is CCc1ccc(NC(=O)C(CC)SC2=Nc3ccccc3C3=NC(CCC(=O)N4CCN(c5ccccc5)CC4)C(=O)N23)cc1. The lowest BCUT2D eigenvalue weighted by Gasteiger charge is -2.36. The van der Waals surface area contributed by atoms with Gasteiger partial charge in [-0.2, -0.15) is 0 Å². The average molecular weight is 623 g/mol. The molecular weight excluding hydrogens is 584 g/mol. The second-order valence-electron chi connectivity index (χ2n) is 11.4. The number of carbonyl (C=O) groups is 3. The number of thioether (sulfide) groups is 1. The highest BCUT2D eigenvalue weighted by molar-refractivity contribution is 8.15. The third kappa shape index (κ3) is 6.66. The summed E-state index contributed by atoms with van der Waals surface area (Å²) >= 11 is 1.27. The Labute approximate surface area is 268 Å². The van der Waals surface area contributed by atoms with E-state index >= 15 is 0 Å². The van der Waals surface area contributed by atoms with Crippen LogP contribution in [0.25, 0.3) is 0 Å². The molecule has 45 heavy (non-hydrogen) atoms. The van der Waals surface area contributed by atoms with E-state index < -0.39 is 11.3 Å². The number of rotatable bonds is 9. The van der Waals surface area contributed by atoms with Crippen molar-refractivity contribution in [2.45, 2.75) is 50.8 Å². The van der Waals surface area contributed by atoms with Crippen molar-refractivity contribution in [3.05, 3.63) is 90.0 Å². The fourth-order valence-electron chi connectivity index (χ4n) is 5.84. The first-order chi connectivity index (χ1) is 21.9. The molecule has 2 unspecified atom stereocenters. The van der Waals surface area contributed by atoms with Gasteiger partial charge in [-0.15, -0.1) is 0 Å². The summed E-state index contributed by atoms with van der Waals surface area (Å²) in [5.41, 5.74) is 4.58. The Morgan fingerprint density at radius 3 is 2.36 bits per heavy atom. The molecular formula is C35H38N6O3S. The third-order valence-corrected chi connectivity index (χ3v) is 9.79. The lowest BCUT2D eigenvalue weighted by molar-refractivity contribution is -0.132. The molecule has 0 bridgehead atoms. The lowest BCUT2D eigenvalue weighted by atomic mass is 10.1. The number of aryl methyl sites for hydroxylation is 1. The summed E-state index contributed by atoms with van der Waals surface area (Å²) in [5.74, 6) is 0.220. The van der Waals surface area contributed by atoms with E-state index in [-0.39, 0.29) is 24.1 Å². The number of amidine groups is 2. The summed E-state index contributed by atoms with van der Waals surface area (Å²) in [4.78, 5) is 55.7. The van der Waals surface area contributed by atoms with Crippen molar-refractivity contribution in [3.63, 3.8) is 0 Å². The number of carbonyl (C=O) groups excluding carboxylic acids is 3. The molecule has 0 saturated carbocycles. The monoisotopic (exact) mass is 622 g/mol. The topological polar surface area (TPSA) is 97.7 Å².